The third kappa shape index (κ3) is 8.44. The Balaban J connectivity index is 4.00. The first-order valence-corrected chi connectivity index (χ1v) is 6.68. The maximum absolute atomic E-state index is 11.1. The number of likely N-dealkylation sites (N-methyl/N-ethyl adjacent to an activating group) is 1. The van der Waals surface area contributed by atoms with E-state index in [4.69, 9.17) is 4.74 Å². The molecule has 0 N–H and O–H groups in total. The quantitative estimate of drug-likeness (QED) is 0.515. The molecule has 0 saturated carbocycles. The van der Waals surface area contributed by atoms with Gasteiger partial charge in [-0.2, -0.15) is 0 Å². The molecule has 5 nitrogen and oxygen atoms in total. The van der Waals surface area contributed by atoms with Crippen molar-refractivity contribution in [2.75, 3.05) is 60.1 Å². The molecule has 0 aliphatic rings. The lowest BCUT2D eigenvalue weighted by Crippen LogP contribution is -2.37. The number of hydrogen-bond donors (Lipinski definition) is 0. The third-order valence-corrected chi connectivity index (χ3v) is 3.10. The van der Waals surface area contributed by atoms with Crippen LogP contribution in [0.1, 0.15) is 20.3 Å². The maximum atomic E-state index is 11.1. The highest BCUT2D eigenvalue weighted by Crippen LogP contribution is 1.96. The van der Waals surface area contributed by atoms with E-state index in [9.17, 15) is 4.79 Å². The number of nitrogens with zero attached hydrogens (tertiary/aromatic N) is 2. The van der Waals surface area contributed by atoms with Crippen molar-refractivity contribution >= 4 is 5.97 Å². The summed E-state index contributed by atoms with van der Waals surface area (Å²) in [5.74, 6) is -0.153. The second kappa shape index (κ2) is 11.4. The summed E-state index contributed by atoms with van der Waals surface area (Å²) in [6.07, 6.45) is 0.443. The fraction of sp³-hybridized carbons (Fsp3) is 0.923. The van der Waals surface area contributed by atoms with Gasteiger partial charge in [-0.1, -0.05) is 13.8 Å². The van der Waals surface area contributed by atoms with E-state index in [0.29, 0.717) is 13.0 Å². The number of methoxy groups -OCH3 is 2. The summed E-state index contributed by atoms with van der Waals surface area (Å²) in [6, 6.07) is 0. The van der Waals surface area contributed by atoms with Crippen molar-refractivity contribution in [3.05, 3.63) is 0 Å². The van der Waals surface area contributed by atoms with Crippen LogP contribution in [0.3, 0.4) is 0 Å². The van der Waals surface area contributed by atoms with Gasteiger partial charge in [0.05, 0.1) is 20.1 Å². The van der Waals surface area contributed by atoms with Gasteiger partial charge in [0.2, 0.25) is 0 Å². The van der Waals surface area contributed by atoms with Crippen LogP contribution < -0.4 is 0 Å². The Bertz CT molecular complexity index is 208. The second-order valence-electron chi connectivity index (χ2n) is 4.19. The summed E-state index contributed by atoms with van der Waals surface area (Å²) in [5, 5.41) is 0. The van der Waals surface area contributed by atoms with Gasteiger partial charge in [0, 0.05) is 33.3 Å². The van der Waals surface area contributed by atoms with E-state index in [1.54, 1.807) is 7.11 Å². The molecule has 0 atom stereocenters. The Hall–Kier alpha value is -0.650. The maximum Gasteiger partial charge on any atom is 0.306 e. The number of carbonyl (C=O) groups is 1. The highest BCUT2D eigenvalue weighted by Gasteiger charge is 2.09. The van der Waals surface area contributed by atoms with Crippen LogP contribution in [0.5, 0.6) is 0 Å². The Morgan fingerprint density at radius 3 is 2.06 bits per heavy atom. The molecule has 0 heterocycles. The van der Waals surface area contributed by atoms with Crippen LogP contribution in [-0.4, -0.2) is 75.9 Å². The number of rotatable bonds is 11. The van der Waals surface area contributed by atoms with E-state index in [-0.39, 0.29) is 5.97 Å². The molecule has 0 fully saturated rings. The van der Waals surface area contributed by atoms with Crippen LogP contribution >= 0.6 is 0 Å². The van der Waals surface area contributed by atoms with Gasteiger partial charge in [-0.05, 0) is 13.1 Å². The number of esters is 1. The van der Waals surface area contributed by atoms with Crippen molar-refractivity contribution in [1.29, 1.82) is 0 Å². The Morgan fingerprint density at radius 2 is 1.56 bits per heavy atom. The molecule has 0 unspecified atom stereocenters. The predicted molar refractivity (Wildman–Crippen MR) is 72.7 cm³/mol. The fourth-order valence-electron chi connectivity index (χ4n) is 1.73. The van der Waals surface area contributed by atoms with Gasteiger partial charge >= 0.3 is 5.97 Å². The van der Waals surface area contributed by atoms with Gasteiger partial charge < -0.3 is 14.4 Å². The molecular weight excluding hydrogens is 232 g/mol. The monoisotopic (exact) mass is 260 g/mol. The minimum atomic E-state index is -0.153. The molecule has 0 aromatic rings. The molecule has 0 radical (unpaired) electrons. The highest BCUT2D eigenvalue weighted by molar-refractivity contribution is 5.69. The average molecular weight is 260 g/mol. The number of hydrogen-bond acceptors (Lipinski definition) is 5. The summed E-state index contributed by atoms with van der Waals surface area (Å²) >= 11 is 0. The van der Waals surface area contributed by atoms with Crippen LogP contribution in [0.4, 0.5) is 0 Å². The third-order valence-electron chi connectivity index (χ3n) is 3.10. The van der Waals surface area contributed by atoms with Crippen molar-refractivity contribution in [3.63, 3.8) is 0 Å². The minimum absolute atomic E-state index is 0.153. The smallest absolute Gasteiger partial charge is 0.306 e. The Labute approximate surface area is 111 Å². The van der Waals surface area contributed by atoms with Crippen LogP contribution in [-0.2, 0) is 14.3 Å². The van der Waals surface area contributed by atoms with Crippen molar-refractivity contribution in [3.8, 4) is 0 Å². The molecule has 18 heavy (non-hydrogen) atoms. The van der Waals surface area contributed by atoms with Crippen LogP contribution in [0.25, 0.3) is 0 Å². The van der Waals surface area contributed by atoms with Gasteiger partial charge in [0.1, 0.15) is 0 Å². The van der Waals surface area contributed by atoms with Crippen LogP contribution in [0.15, 0.2) is 0 Å². The molecule has 0 spiro atoms. The van der Waals surface area contributed by atoms with Crippen LogP contribution in [0.2, 0.25) is 0 Å². The normalized spacial score (nSPS) is 11.2. The molecule has 0 aromatic heterocycles. The Kier molecular flexibility index (Phi) is 11.0. The first-order chi connectivity index (χ1) is 8.67. The zero-order chi connectivity index (χ0) is 13.8. The van der Waals surface area contributed by atoms with E-state index >= 15 is 0 Å². The Morgan fingerprint density at radius 1 is 0.944 bits per heavy atom. The lowest BCUT2D eigenvalue weighted by Gasteiger charge is -2.25. The van der Waals surface area contributed by atoms with E-state index in [0.717, 1.165) is 39.3 Å². The number of carbonyl (C=O) groups excluding carboxylic acids is 1. The molecule has 0 saturated heterocycles. The van der Waals surface area contributed by atoms with Crippen molar-refractivity contribution in [2.24, 2.45) is 0 Å². The second-order valence-corrected chi connectivity index (χ2v) is 4.19. The summed E-state index contributed by atoms with van der Waals surface area (Å²) < 4.78 is 9.76. The van der Waals surface area contributed by atoms with Gasteiger partial charge in [0.25, 0.3) is 0 Å². The van der Waals surface area contributed by atoms with E-state index in [1.807, 2.05) is 0 Å². The van der Waals surface area contributed by atoms with E-state index in [2.05, 4.69) is 28.4 Å². The fourth-order valence-corrected chi connectivity index (χ4v) is 1.73. The number of ether oxygens (including phenoxy) is 2. The lowest BCUT2D eigenvalue weighted by atomic mass is 10.3. The topological polar surface area (TPSA) is 42.0 Å². The molecular formula is C13H28N2O3. The standard InChI is InChI=1S/C13H28N2O3/c1-5-14(6-2)9-10-15(11-12-17-3)8-7-13(16)18-4/h5-12H2,1-4H3. The SMILES string of the molecule is CCN(CC)CCN(CCOC)CCC(=O)OC. The molecule has 108 valence electrons. The predicted octanol–water partition coefficient (Wildman–Crippen LogP) is 0.840. The minimum Gasteiger partial charge on any atom is -0.469 e. The van der Waals surface area contributed by atoms with Gasteiger partial charge in [-0.15, -0.1) is 0 Å². The highest BCUT2D eigenvalue weighted by atomic mass is 16.5. The molecule has 0 bridgehead atoms. The van der Waals surface area contributed by atoms with Crippen LogP contribution in [0, 0.1) is 0 Å². The largest absolute Gasteiger partial charge is 0.469 e. The zero-order valence-electron chi connectivity index (χ0n) is 12.3. The first kappa shape index (κ1) is 17.4. The molecule has 0 amide bonds. The molecule has 0 rings (SSSR count). The summed E-state index contributed by atoms with van der Waals surface area (Å²) in [4.78, 5) is 15.8. The van der Waals surface area contributed by atoms with E-state index in [1.165, 1.54) is 7.11 Å². The van der Waals surface area contributed by atoms with E-state index < -0.39 is 0 Å². The first-order valence-electron chi connectivity index (χ1n) is 6.68. The average Bonchev–Trinajstić information content (AvgIpc) is 2.41. The van der Waals surface area contributed by atoms with Crippen molar-refractivity contribution < 1.29 is 14.3 Å². The zero-order valence-corrected chi connectivity index (χ0v) is 12.3. The lowest BCUT2D eigenvalue weighted by molar-refractivity contribution is -0.141. The van der Waals surface area contributed by atoms with Crippen molar-refractivity contribution in [1.82, 2.24) is 9.80 Å². The van der Waals surface area contributed by atoms with Gasteiger partial charge in [0.15, 0.2) is 0 Å². The summed E-state index contributed by atoms with van der Waals surface area (Å²) in [7, 11) is 3.13. The van der Waals surface area contributed by atoms with Crippen molar-refractivity contribution in [2.45, 2.75) is 20.3 Å². The van der Waals surface area contributed by atoms with Gasteiger partial charge in [-0.3, -0.25) is 9.69 Å². The van der Waals surface area contributed by atoms with Gasteiger partial charge in [-0.25, -0.2) is 0 Å². The summed E-state index contributed by atoms with van der Waals surface area (Å²) in [6.45, 7) is 10.7. The summed E-state index contributed by atoms with van der Waals surface area (Å²) in [5.41, 5.74) is 0. The molecule has 5 heteroatoms. The molecule has 0 aromatic carbocycles. The molecule has 0 aliphatic heterocycles. The molecule has 0 aliphatic carbocycles.